The number of hydrogen-bond donors (Lipinski definition) is 0. The quantitative estimate of drug-likeness (QED) is 0.483. The second-order valence-corrected chi connectivity index (χ2v) is 4.71. The highest BCUT2D eigenvalue weighted by Crippen LogP contribution is 2.41. The van der Waals surface area contributed by atoms with Gasteiger partial charge in [0.1, 0.15) is 5.60 Å². The van der Waals surface area contributed by atoms with E-state index in [9.17, 15) is 4.79 Å². The second kappa shape index (κ2) is 3.83. The van der Waals surface area contributed by atoms with Crippen LogP contribution in [0.4, 0.5) is 0 Å². The number of carbonyl (C=O) groups excluding carboxylic acids is 1. The molecule has 0 amide bonds. The number of carbonyl (C=O) groups is 1. The Morgan fingerprint density at radius 3 is 2.93 bits per heavy atom. The predicted octanol–water partition coefficient (Wildman–Crippen LogP) is 2.09. The minimum atomic E-state index is -0.169. The molecule has 2 aliphatic rings. The zero-order chi connectivity index (χ0) is 10.9. The van der Waals surface area contributed by atoms with Crippen molar-refractivity contribution in [2.24, 2.45) is 5.92 Å². The van der Waals surface area contributed by atoms with Crippen molar-refractivity contribution in [1.29, 1.82) is 0 Å². The van der Waals surface area contributed by atoms with E-state index in [0.717, 1.165) is 25.0 Å². The van der Waals surface area contributed by atoms with Crippen LogP contribution < -0.4 is 0 Å². The summed E-state index contributed by atoms with van der Waals surface area (Å²) in [5.41, 5.74) is 0.733. The molecule has 0 N–H and O–H groups in total. The van der Waals surface area contributed by atoms with Crippen molar-refractivity contribution in [2.75, 3.05) is 6.61 Å². The van der Waals surface area contributed by atoms with Gasteiger partial charge in [0.2, 0.25) is 0 Å². The Hall–Kier alpha value is -1.07. The molecule has 15 heavy (non-hydrogen) atoms. The van der Waals surface area contributed by atoms with Crippen molar-refractivity contribution in [2.45, 2.75) is 38.7 Å². The Morgan fingerprint density at radius 1 is 1.60 bits per heavy atom. The zero-order valence-electron chi connectivity index (χ0n) is 9.30. The third-order valence-corrected chi connectivity index (χ3v) is 2.80. The molecule has 0 saturated carbocycles. The number of allylic oxidation sites excluding steroid dienone is 1. The van der Waals surface area contributed by atoms with Crippen LogP contribution in [0.5, 0.6) is 0 Å². The van der Waals surface area contributed by atoms with E-state index >= 15 is 0 Å². The van der Waals surface area contributed by atoms with E-state index in [1.807, 2.05) is 0 Å². The summed E-state index contributed by atoms with van der Waals surface area (Å²) in [5.74, 6) is 6.98. The lowest BCUT2D eigenvalue weighted by Crippen LogP contribution is -2.21. The normalized spacial score (nSPS) is 28.7. The summed E-state index contributed by atoms with van der Waals surface area (Å²) in [6.45, 7) is 5.01. The number of rotatable bonds is 1. The van der Waals surface area contributed by atoms with Gasteiger partial charge in [-0.1, -0.05) is 25.7 Å². The Bertz CT molecular complexity index is 362. The van der Waals surface area contributed by atoms with E-state index in [2.05, 4.69) is 25.7 Å². The zero-order valence-corrected chi connectivity index (χ0v) is 9.30. The van der Waals surface area contributed by atoms with Crippen molar-refractivity contribution in [1.82, 2.24) is 0 Å². The topological polar surface area (TPSA) is 29.6 Å². The lowest BCUT2D eigenvalue weighted by Gasteiger charge is -2.15. The molecule has 1 aliphatic carbocycles. The van der Waals surface area contributed by atoms with E-state index in [4.69, 9.17) is 4.74 Å². The van der Waals surface area contributed by atoms with Gasteiger partial charge in [-0.3, -0.25) is 4.79 Å². The van der Waals surface area contributed by atoms with Crippen LogP contribution in [0.25, 0.3) is 0 Å². The molecule has 2 heteroatoms. The van der Waals surface area contributed by atoms with Crippen molar-refractivity contribution in [3.05, 3.63) is 11.6 Å². The number of ketones is 1. The van der Waals surface area contributed by atoms with E-state index in [1.54, 1.807) is 6.08 Å². The molecule has 80 valence electrons. The van der Waals surface area contributed by atoms with Gasteiger partial charge in [-0.2, -0.15) is 0 Å². The largest absolute Gasteiger partial charge is 0.364 e. The lowest BCUT2D eigenvalue weighted by atomic mass is 9.87. The molecule has 0 aromatic rings. The maximum Gasteiger partial charge on any atom is 0.156 e. The Labute approximate surface area is 90.7 Å². The summed E-state index contributed by atoms with van der Waals surface area (Å²) < 4.78 is 5.43. The van der Waals surface area contributed by atoms with E-state index in [0.29, 0.717) is 12.3 Å². The van der Waals surface area contributed by atoms with Crippen molar-refractivity contribution in [3.63, 3.8) is 0 Å². The molecule has 1 heterocycles. The summed E-state index contributed by atoms with van der Waals surface area (Å²) in [5, 5.41) is 0. The minimum Gasteiger partial charge on any atom is -0.364 e. The SMILES string of the molecule is CC(C)CC#CC1=CC(=O)CCC12CO2. The van der Waals surface area contributed by atoms with E-state index in [-0.39, 0.29) is 11.4 Å². The van der Waals surface area contributed by atoms with Crippen LogP contribution in [0.3, 0.4) is 0 Å². The average molecular weight is 204 g/mol. The summed E-state index contributed by atoms with van der Waals surface area (Å²) >= 11 is 0. The van der Waals surface area contributed by atoms with Gasteiger partial charge in [0, 0.05) is 18.4 Å². The van der Waals surface area contributed by atoms with Gasteiger partial charge < -0.3 is 4.74 Å². The smallest absolute Gasteiger partial charge is 0.156 e. The molecule has 1 fully saturated rings. The van der Waals surface area contributed by atoms with Crippen LogP contribution in [0.1, 0.15) is 33.1 Å². The first-order valence-electron chi connectivity index (χ1n) is 5.50. The third kappa shape index (κ3) is 2.30. The summed E-state index contributed by atoms with van der Waals surface area (Å²) in [7, 11) is 0. The molecular weight excluding hydrogens is 188 g/mol. The van der Waals surface area contributed by atoms with Crippen LogP contribution >= 0.6 is 0 Å². The second-order valence-electron chi connectivity index (χ2n) is 4.71. The maximum atomic E-state index is 11.3. The molecule has 0 aromatic heterocycles. The fraction of sp³-hybridized carbons (Fsp3) is 0.615. The van der Waals surface area contributed by atoms with Gasteiger partial charge in [-0.25, -0.2) is 0 Å². The van der Waals surface area contributed by atoms with Crippen LogP contribution in [0.2, 0.25) is 0 Å². The molecule has 1 aliphatic heterocycles. The van der Waals surface area contributed by atoms with Crippen LogP contribution in [-0.4, -0.2) is 18.0 Å². The highest BCUT2D eigenvalue weighted by molar-refractivity contribution is 5.93. The van der Waals surface area contributed by atoms with Crippen LogP contribution in [0, 0.1) is 17.8 Å². The maximum absolute atomic E-state index is 11.3. The third-order valence-electron chi connectivity index (χ3n) is 2.80. The summed E-state index contributed by atoms with van der Waals surface area (Å²) in [6, 6.07) is 0. The summed E-state index contributed by atoms with van der Waals surface area (Å²) in [6.07, 6.45) is 3.97. The number of ether oxygens (including phenoxy) is 1. The molecular formula is C13H16O2. The molecule has 1 saturated heterocycles. The molecule has 1 unspecified atom stereocenters. The minimum absolute atomic E-state index is 0.169. The summed E-state index contributed by atoms with van der Waals surface area (Å²) in [4.78, 5) is 11.3. The molecule has 0 bridgehead atoms. The fourth-order valence-electron chi connectivity index (χ4n) is 1.71. The van der Waals surface area contributed by atoms with E-state index in [1.165, 1.54) is 0 Å². The highest BCUT2D eigenvalue weighted by Gasteiger charge is 2.49. The molecule has 2 nitrogen and oxygen atoms in total. The van der Waals surface area contributed by atoms with Crippen molar-refractivity contribution in [3.8, 4) is 11.8 Å². The molecule has 1 spiro atoms. The van der Waals surface area contributed by atoms with Crippen LogP contribution in [-0.2, 0) is 9.53 Å². The van der Waals surface area contributed by atoms with Gasteiger partial charge >= 0.3 is 0 Å². The Morgan fingerprint density at radius 2 is 2.33 bits per heavy atom. The first-order valence-corrected chi connectivity index (χ1v) is 5.50. The van der Waals surface area contributed by atoms with Gasteiger partial charge in [0.05, 0.1) is 6.61 Å². The van der Waals surface area contributed by atoms with E-state index < -0.39 is 0 Å². The molecule has 1 atom stereocenters. The van der Waals surface area contributed by atoms with Crippen molar-refractivity contribution < 1.29 is 9.53 Å². The van der Waals surface area contributed by atoms with Gasteiger partial charge in [0.15, 0.2) is 5.78 Å². The average Bonchev–Trinajstić information content (AvgIpc) is 2.92. The molecule has 2 rings (SSSR count). The van der Waals surface area contributed by atoms with Crippen LogP contribution in [0.15, 0.2) is 11.6 Å². The van der Waals surface area contributed by atoms with Gasteiger partial charge in [-0.05, 0) is 18.4 Å². The Balaban J connectivity index is 2.10. The standard InChI is InChI=1S/C13H16O2/c1-10(2)4-3-5-11-8-12(14)6-7-13(11)9-15-13/h8,10H,4,6-7,9H2,1-2H3. The van der Waals surface area contributed by atoms with Gasteiger partial charge in [0.25, 0.3) is 0 Å². The molecule has 0 aromatic carbocycles. The first-order chi connectivity index (χ1) is 7.12. The molecule has 0 radical (unpaired) electrons. The number of epoxide rings is 1. The van der Waals surface area contributed by atoms with Gasteiger partial charge in [-0.15, -0.1) is 0 Å². The fourth-order valence-corrected chi connectivity index (χ4v) is 1.71. The Kier molecular flexibility index (Phi) is 2.67. The monoisotopic (exact) mass is 204 g/mol. The first kappa shape index (κ1) is 10.4. The predicted molar refractivity (Wildman–Crippen MR) is 58.2 cm³/mol. The lowest BCUT2D eigenvalue weighted by molar-refractivity contribution is -0.115. The van der Waals surface area contributed by atoms with Crippen molar-refractivity contribution >= 4 is 5.78 Å². The highest BCUT2D eigenvalue weighted by atomic mass is 16.6. The number of hydrogen-bond acceptors (Lipinski definition) is 2.